The molecule has 0 atom stereocenters. The fourth-order valence-corrected chi connectivity index (χ4v) is 1.85. The van der Waals surface area contributed by atoms with Gasteiger partial charge in [0.2, 0.25) is 0 Å². The number of halogens is 3. The highest BCUT2D eigenvalue weighted by atomic mass is 127. The molecular formula is C7H2BrClIN. The summed E-state index contributed by atoms with van der Waals surface area (Å²) in [5, 5.41) is 9.13. The van der Waals surface area contributed by atoms with Gasteiger partial charge >= 0.3 is 0 Å². The van der Waals surface area contributed by atoms with E-state index in [9.17, 15) is 0 Å². The molecule has 1 aromatic rings. The lowest BCUT2D eigenvalue weighted by Gasteiger charge is -1.98. The van der Waals surface area contributed by atoms with E-state index in [2.05, 4.69) is 38.5 Å². The van der Waals surface area contributed by atoms with E-state index in [0.717, 1.165) is 8.04 Å². The van der Waals surface area contributed by atoms with Crippen molar-refractivity contribution in [2.24, 2.45) is 0 Å². The molecule has 0 spiro atoms. The van der Waals surface area contributed by atoms with Crippen LogP contribution in [0.25, 0.3) is 0 Å². The maximum atomic E-state index is 8.55. The summed E-state index contributed by atoms with van der Waals surface area (Å²) < 4.78 is 1.80. The second-order valence-electron chi connectivity index (χ2n) is 1.87. The molecule has 0 N–H and O–H groups in total. The SMILES string of the molecule is N#Cc1cc(Cl)c(Br)c(I)c1. The smallest absolute Gasteiger partial charge is 0.0992 e. The third-order valence-corrected chi connectivity index (χ3v) is 4.09. The predicted molar refractivity (Wildman–Crippen MR) is 56.6 cm³/mol. The van der Waals surface area contributed by atoms with Gasteiger partial charge in [-0.3, -0.25) is 0 Å². The summed E-state index contributed by atoms with van der Waals surface area (Å²) in [6.07, 6.45) is 0. The van der Waals surface area contributed by atoms with E-state index in [1.807, 2.05) is 6.07 Å². The first kappa shape index (κ1) is 9.30. The first-order valence-corrected chi connectivity index (χ1v) is 4.94. The van der Waals surface area contributed by atoms with Crippen LogP contribution in [0.4, 0.5) is 0 Å². The number of benzene rings is 1. The highest BCUT2D eigenvalue weighted by molar-refractivity contribution is 14.1. The molecule has 0 aliphatic carbocycles. The maximum Gasteiger partial charge on any atom is 0.0992 e. The summed E-state index contributed by atoms with van der Waals surface area (Å²) in [5.74, 6) is 0. The molecule has 0 unspecified atom stereocenters. The molecule has 1 rings (SSSR count). The van der Waals surface area contributed by atoms with Crippen molar-refractivity contribution in [3.8, 4) is 6.07 Å². The van der Waals surface area contributed by atoms with Gasteiger partial charge in [-0.25, -0.2) is 0 Å². The van der Waals surface area contributed by atoms with Crippen molar-refractivity contribution < 1.29 is 0 Å². The second-order valence-corrected chi connectivity index (χ2v) is 4.23. The zero-order valence-electron chi connectivity index (χ0n) is 5.24. The van der Waals surface area contributed by atoms with Crippen LogP contribution in [0.5, 0.6) is 0 Å². The predicted octanol–water partition coefficient (Wildman–Crippen LogP) is 3.58. The fraction of sp³-hybridized carbons (Fsp3) is 0. The number of hydrogen-bond acceptors (Lipinski definition) is 1. The Hall–Kier alpha value is 0.210. The maximum absolute atomic E-state index is 8.55. The highest BCUT2D eigenvalue weighted by Crippen LogP contribution is 2.28. The van der Waals surface area contributed by atoms with Crippen LogP contribution in [0.1, 0.15) is 5.56 Å². The Kier molecular flexibility index (Phi) is 3.16. The van der Waals surface area contributed by atoms with Crippen molar-refractivity contribution in [3.05, 3.63) is 30.8 Å². The fourth-order valence-electron chi connectivity index (χ4n) is 0.620. The zero-order chi connectivity index (χ0) is 8.43. The molecule has 56 valence electrons. The molecule has 4 heteroatoms. The normalized spacial score (nSPS) is 9.27. The van der Waals surface area contributed by atoms with Gasteiger partial charge < -0.3 is 0 Å². The minimum Gasteiger partial charge on any atom is -0.192 e. The van der Waals surface area contributed by atoms with E-state index in [4.69, 9.17) is 16.9 Å². The lowest BCUT2D eigenvalue weighted by molar-refractivity contribution is 1.46. The van der Waals surface area contributed by atoms with E-state index < -0.39 is 0 Å². The summed E-state index contributed by atoms with van der Waals surface area (Å²) in [6.45, 7) is 0. The summed E-state index contributed by atoms with van der Waals surface area (Å²) in [5.41, 5.74) is 0.586. The number of rotatable bonds is 0. The average molecular weight is 342 g/mol. The van der Waals surface area contributed by atoms with Gasteiger partial charge in [-0.15, -0.1) is 0 Å². The lowest BCUT2D eigenvalue weighted by atomic mass is 10.2. The van der Waals surface area contributed by atoms with Crippen LogP contribution >= 0.6 is 50.1 Å². The van der Waals surface area contributed by atoms with Gasteiger partial charge in [0.25, 0.3) is 0 Å². The molecular weight excluding hydrogens is 340 g/mol. The Balaban J connectivity index is 3.35. The Morgan fingerprint density at radius 3 is 2.64 bits per heavy atom. The van der Waals surface area contributed by atoms with Crippen LogP contribution in [0, 0.1) is 14.9 Å². The number of hydrogen-bond donors (Lipinski definition) is 0. The van der Waals surface area contributed by atoms with Crippen LogP contribution < -0.4 is 0 Å². The second kappa shape index (κ2) is 3.74. The topological polar surface area (TPSA) is 23.8 Å². The molecule has 0 bridgehead atoms. The van der Waals surface area contributed by atoms with Gasteiger partial charge in [-0.1, -0.05) is 11.6 Å². The molecule has 0 heterocycles. The molecule has 0 saturated heterocycles. The molecule has 0 fully saturated rings. The lowest BCUT2D eigenvalue weighted by Crippen LogP contribution is -1.80. The molecule has 0 aromatic heterocycles. The van der Waals surface area contributed by atoms with E-state index in [-0.39, 0.29) is 0 Å². The summed E-state index contributed by atoms with van der Waals surface area (Å²) in [4.78, 5) is 0. The molecule has 0 aliphatic heterocycles. The largest absolute Gasteiger partial charge is 0.192 e. The third-order valence-electron chi connectivity index (χ3n) is 1.11. The summed E-state index contributed by atoms with van der Waals surface area (Å²) in [7, 11) is 0. The first-order valence-electron chi connectivity index (χ1n) is 2.70. The summed E-state index contributed by atoms with van der Waals surface area (Å²) >= 11 is 11.2. The number of nitrogens with zero attached hydrogens (tertiary/aromatic N) is 1. The van der Waals surface area contributed by atoms with Gasteiger partial charge in [0.1, 0.15) is 0 Å². The first-order chi connectivity index (χ1) is 5.15. The van der Waals surface area contributed by atoms with Crippen LogP contribution in [0.15, 0.2) is 16.6 Å². The van der Waals surface area contributed by atoms with Gasteiger partial charge in [0.15, 0.2) is 0 Å². The van der Waals surface area contributed by atoms with Gasteiger partial charge in [0, 0.05) is 8.04 Å². The molecule has 0 amide bonds. The highest BCUT2D eigenvalue weighted by Gasteiger charge is 2.03. The Bertz CT molecular complexity index is 309. The molecule has 1 aromatic carbocycles. The van der Waals surface area contributed by atoms with E-state index in [1.165, 1.54) is 0 Å². The van der Waals surface area contributed by atoms with Gasteiger partial charge in [-0.05, 0) is 50.7 Å². The number of nitriles is 1. The summed E-state index contributed by atoms with van der Waals surface area (Å²) in [6, 6.07) is 5.43. The molecule has 0 saturated carbocycles. The van der Waals surface area contributed by atoms with Crippen molar-refractivity contribution in [2.75, 3.05) is 0 Å². The standard InChI is InChI=1S/C7H2BrClIN/c8-7-5(9)1-4(3-11)2-6(7)10/h1-2H. The van der Waals surface area contributed by atoms with Crippen LogP contribution in [-0.2, 0) is 0 Å². The zero-order valence-corrected chi connectivity index (χ0v) is 9.74. The van der Waals surface area contributed by atoms with E-state index in [1.54, 1.807) is 12.1 Å². The van der Waals surface area contributed by atoms with Gasteiger partial charge in [-0.2, -0.15) is 5.26 Å². The minimum absolute atomic E-state index is 0.577. The average Bonchev–Trinajstić information content (AvgIpc) is 1.99. The van der Waals surface area contributed by atoms with Crippen molar-refractivity contribution in [3.63, 3.8) is 0 Å². The van der Waals surface area contributed by atoms with Crippen LogP contribution in [0.2, 0.25) is 5.02 Å². The van der Waals surface area contributed by atoms with E-state index in [0.29, 0.717) is 10.6 Å². The van der Waals surface area contributed by atoms with Crippen LogP contribution in [-0.4, -0.2) is 0 Å². The van der Waals surface area contributed by atoms with Crippen LogP contribution in [0.3, 0.4) is 0 Å². The van der Waals surface area contributed by atoms with Crippen molar-refractivity contribution in [1.82, 2.24) is 0 Å². The molecule has 0 aliphatic rings. The Labute approximate surface area is 91.6 Å². The quantitative estimate of drug-likeness (QED) is 0.522. The Morgan fingerprint density at radius 1 is 1.55 bits per heavy atom. The Morgan fingerprint density at radius 2 is 2.18 bits per heavy atom. The van der Waals surface area contributed by atoms with Crippen molar-refractivity contribution in [2.45, 2.75) is 0 Å². The third kappa shape index (κ3) is 2.08. The van der Waals surface area contributed by atoms with Crippen molar-refractivity contribution in [1.29, 1.82) is 5.26 Å². The monoisotopic (exact) mass is 341 g/mol. The molecule has 11 heavy (non-hydrogen) atoms. The van der Waals surface area contributed by atoms with Gasteiger partial charge in [0.05, 0.1) is 16.7 Å². The molecule has 1 nitrogen and oxygen atoms in total. The van der Waals surface area contributed by atoms with Crippen molar-refractivity contribution >= 4 is 50.1 Å². The molecule has 0 radical (unpaired) electrons. The minimum atomic E-state index is 0.577. The van der Waals surface area contributed by atoms with E-state index >= 15 is 0 Å².